The second-order valence-electron chi connectivity index (χ2n) is 8.39. The zero-order valence-electron chi connectivity index (χ0n) is 18.1. The van der Waals surface area contributed by atoms with Crippen LogP contribution >= 0.6 is 0 Å². The number of carbonyl (C=O) groups is 2. The summed E-state index contributed by atoms with van der Waals surface area (Å²) < 4.78 is 0. The average Bonchev–Trinajstić information content (AvgIpc) is 2.79. The minimum absolute atomic E-state index is 0.0164. The van der Waals surface area contributed by atoms with Crippen molar-refractivity contribution >= 4 is 23.3 Å². The number of nitrogens with zero attached hydrogens (tertiary/aromatic N) is 3. The standard InChI is InChI=1S/C24H31N5O2/c1-27-14-16-28(17-15-27)12-11-23(30)25-21-6-8-22(9-7-21)26-24(31)29-13-10-19-4-2-3-5-20(19)18-29/h2-9H,10-18H2,1H3,(H,25,30)(H,26,31). The first-order chi connectivity index (χ1) is 15.1. The van der Waals surface area contributed by atoms with E-state index in [1.54, 1.807) is 0 Å². The van der Waals surface area contributed by atoms with Crippen LogP contribution in [0.1, 0.15) is 17.5 Å². The number of hydrogen-bond acceptors (Lipinski definition) is 4. The molecule has 1 saturated heterocycles. The molecule has 0 aliphatic carbocycles. The van der Waals surface area contributed by atoms with Gasteiger partial charge >= 0.3 is 6.03 Å². The molecule has 0 spiro atoms. The number of piperazine rings is 1. The summed E-state index contributed by atoms with van der Waals surface area (Å²) in [7, 11) is 2.13. The fraction of sp³-hybridized carbons (Fsp3) is 0.417. The summed E-state index contributed by atoms with van der Waals surface area (Å²) in [4.78, 5) is 31.4. The predicted molar refractivity (Wildman–Crippen MR) is 123 cm³/mol. The molecule has 2 aliphatic heterocycles. The average molecular weight is 422 g/mol. The molecule has 7 nitrogen and oxygen atoms in total. The number of amides is 3. The van der Waals surface area contributed by atoms with Gasteiger partial charge in [-0.25, -0.2) is 4.79 Å². The van der Waals surface area contributed by atoms with Crippen molar-refractivity contribution < 1.29 is 9.59 Å². The normalized spacial score (nSPS) is 17.1. The van der Waals surface area contributed by atoms with Crippen LogP contribution in [-0.4, -0.2) is 73.0 Å². The number of benzene rings is 2. The lowest BCUT2D eigenvalue weighted by Crippen LogP contribution is -2.45. The summed E-state index contributed by atoms with van der Waals surface area (Å²) in [5.41, 5.74) is 3.99. The van der Waals surface area contributed by atoms with Crippen LogP contribution in [0.25, 0.3) is 0 Å². The summed E-state index contributed by atoms with van der Waals surface area (Å²) in [5.74, 6) is 0.0164. The summed E-state index contributed by atoms with van der Waals surface area (Å²) in [6.07, 6.45) is 1.36. The maximum absolute atomic E-state index is 12.6. The zero-order chi connectivity index (χ0) is 21.6. The van der Waals surface area contributed by atoms with E-state index in [0.717, 1.165) is 50.5 Å². The first-order valence-corrected chi connectivity index (χ1v) is 11.0. The highest BCUT2D eigenvalue weighted by molar-refractivity contribution is 5.92. The fourth-order valence-corrected chi connectivity index (χ4v) is 4.06. The van der Waals surface area contributed by atoms with Crippen molar-refractivity contribution in [3.8, 4) is 0 Å². The van der Waals surface area contributed by atoms with Crippen LogP contribution in [0, 0.1) is 0 Å². The number of nitrogens with one attached hydrogen (secondary N) is 2. The first-order valence-electron chi connectivity index (χ1n) is 11.0. The highest BCUT2D eigenvalue weighted by Gasteiger charge is 2.20. The molecule has 4 rings (SSSR count). The smallest absolute Gasteiger partial charge is 0.322 e. The van der Waals surface area contributed by atoms with Gasteiger partial charge < -0.3 is 25.3 Å². The Morgan fingerprint density at radius 1 is 0.839 bits per heavy atom. The molecule has 2 N–H and O–H groups in total. The Morgan fingerprint density at radius 2 is 1.48 bits per heavy atom. The number of hydrogen-bond donors (Lipinski definition) is 2. The number of likely N-dealkylation sites (N-methyl/N-ethyl adjacent to an activating group) is 1. The van der Waals surface area contributed by atoms with Crippen molar-refractivity contribution in [3.05, 3.63) is 59.7 Å². The van der Waals surface area contributed by atoms with Gasteiger partial charge in [0.2, 0.25) is 5.91 Å². The van der Waals surface area contributed by atoms with Crippen molar-refractivity contribution in [3.63, 3.8) is 0 Å². The van der Waals surface area contributed by atoms with Crippen LogP contribution in [0.4, 0.5) is 16.2 Å². The molecule has 0 bridgehead atoms. The third-order valence-corrected chi connectivity index (χ3v) is 6.09. The lowest BCUT2D eigenvalue weighted by Gasteiger charge is -2.32. The molecule has 2 heterocycles. The van der Waals surface area contributed by atoms with Crippen LogP contribution in [0.3, 0.4) is 0 Å². The number of fused-ring (bicyclic) bond motifs is 1. The molecular weight excluding hydrogens is 390 g/mol. The van der Waals surface area contributed by atoms with Crippen molar-refractivity contribution in [1.29, 1.82) is 0 Å². The number of urea groups is 1. The number of carbonyl (C=O) groups excluding carboxylic acids is 2. The van der Waals surface area contributed by atoms with Crippen molar-refractivity contribution in [1.82, 2.24) is 14.7 Å². The molecule has 0 unspecified atom stereocenters. The Hall–Kier alpha value is -2.90. The monoisotopic (exact) mass is 421 g/mol. The summed E-state index contributed by atoms with van der Waals surface area (Å²) in [6, 6.07) is 15.5. The first kappa shape index (κ1) is 21.3. The molecule has 2 aromatic carbocycles. The van der Waals surface area contributed by atoms with Crippen molar-refractivity contribution in [2.75, 3.05) is 56.9 Å². The largest absolute Gasteiger partial charge is 0.326 e. The lowest BCUT2D eigenvalue weighted by molar-refractivity contribution is -0.116. The second kappa shape index (κ2) is 9.94. The molecule has 1 fully saturated rings. The Kier molecular flexibility index (Phi) is 6.84. The topological polar surface area (TPSA) is 67.9 Å². The van der Waals surface area contributed by atoms with Gasteiger partial charge in [0.25, 0.3) is 0 Å². The fourth-order valence-electron chi connectivity index (χ4n) is 4.06. The van der Waals surface area contributed by atoms with Crippen LogP contribution in [0.2, 0.25) is 0 Å². The summed E-state index contributed by atoms with van der Waals surface area (Å²) in [6.45, 7) is 6.26. The van der Waals surface area contributed by atoms with Crippen LogP contribution < -0.4 is 10.6 Å². The molecule has 0 aromatic heterocycles. The molecule has 0 saturated carbocycles. The Morgan fingerprint density at radius 3 is 2.19 bits per heavy atom. The van der Waals surface area contributed by atoms with Crippen LogP contribution in [-0.2, 0) is 17.8 Å². The molecule has 7 heteroatoms. The molecule has 2 aromatic rings. The van der Waals surface area contributed by atoms with Gasteiger partial charge in [0.15, 0.2) is 0 Å². The van der Waals surface area contributed by atoms with Crippen molar-refractivity contribution in [2.24, 2.45) is 0 Å². The SMILES string of the molecule is CN1CCN(CCC(=O)Nc2ccc(NC(=O)N3CCc4ccccc4C3)cc2)CC1. The molecule has 0 atom stereocenters. The second-order valence-corrected chi connectivity index (χ2v) is 8.39. The highest BCUT2D eigenvalue weighted by atomic mass is 16.2. The van der Waals surface area contributed by atoms with E-state index < -0.39 is 0 Å². The Balaban J connectivity index is 1.23. The Labute approximate surface area is 184 Å². The summed E-state index contributed by atoms with van der Waals surface area (Å²) in [5, 5.41) is 5.90. The number of anilines is 2. The van der Waals surface area contributed by atoms with E-state index >= 15 is 0 Å². The van der Waals surface area contributed by atoms with E-state index in [-0.39, 0.29) is 11.9 Å². The Bertz CT molecular complexity index is 906. The molecular formula is C24H31N5O2. The maximum atomic E-state index is 12.6. The number of rotatable bonds is 5. The van der Waals surface area contributed by atoms with Gasteiger partial charge in [-0.15, -0.1) is 0 Å². The highest BCUT2D eigenvalue weighted by Crippen LogP contribution is 2.20. The third-order valence-electron chi connectivity index (χ3n) is 6.09. The van der Waals surface area contributed by atoms with E-state index in [1.165, 1.54) is 11.1 Å². The predicted octanol–water partition coefficient (Wildman–Crippen LogP) is 2.85. The van der Waals surface area contributed by atoms with Gasteiger partial charge in [0.05, 0.1) is 0 Å². The van der Waals surface area contributed by atoms with E-state index in [0.29, 0.717) is 19.5 Å². The van der Waals surface area contributed by atoms with Gasteiger partial charge in [0.1, 0.15) is 0 Å². The third kappa shape index (κ3) is 5.83. The molecule has 0 radical (unpaired) electrons. The van der Waals surface area contributed by atoms with Crippen LogP contribution in [0.15, 0.2) is 48.5 Å². The molecule has 3 amide bonds. The van der Waals surface area contributed by atoms with Gasteiger partial charge in [0, 0.05) is 63.6 Å². The van der Waals surface area contributed by atoms with E-state index in [2.05, 4.69) is 39.6 Å². The van der Waals surface area contributed by atoms with E-state index in [9.17, 15) is 9.59 Å². The quantitative estimate of drug-likeness (QED) is 0.779. The molecule has 31 heavy (non-hydrogen) atoms. The molecule has 164 valence electrons. The van der Waals surface area contributed by atoms with E-state index in [1.807, 2.05) is 41.3 Å². The maximum Gasteiger partial charge on any atom is 0.322 e. The van der Waals surface area contributed by atoms with Gasteiger partial charge in [-0.2, -0.15) is 0 Å². The summed E-state index contributed by atoms with van der Waals surface area (Å²) >= 11 is 0. The van der Waals surface area contributed by atoms with Gasteiger partial charge in [-0.05, 0) is 48.9 Å². The van der Waals surface area contributed by atoms with Gasteiger partial charge in [-0.1, -0.05) is 24.3 Å². The van der Waals surface area contributed by atoms with Crippen molar-refractivity contribution in [2.45, 2.75) is 19.4 Å². The van der Waals surface area contributed by atoms with E-state index in [4.69, 9.17) is 0 Å². The zero-order valence-corrected chi connectivity index (χ0v) is 18.1. The minimum atomic E-state index is -0.0986. The van der Waals surface area contributed by atoms with Gasteiger partial charge in [-0.3, -0.25) is 4.79 Å². The molecule has 2 aliphatic rings. The lowest BCUT2D eigenvalue weighted by atomic mass is 10.0. The van der Waals surface area contributed by atoms with Crippen LogP contribution in [0.5, 0.6) is 0 Å². The minimum Gasteiger partial charge on any atom is -0.326 e.